The van der Waals surface area contributed by atoms with E-state index in [9.17, 15) is 0 Å². The first-order valence-electron chi connectivity index (χ1n) is 12.6. The summed E-state index contributed by atoms with van der Waals surface area (Å²) in [7, 11) is -1.66. The van der Waals surface area contributed by atoms with E-state index in [1.54, 1.807) is 0 Å². The Balaban J connectivity index is 1.93. The second-order valence-electron chi connectivity index (χ2n) is 11.0. The molecule has 0 radical (unpaired) electrons. The summed E-state index contributed by atoms with van der Waals surface area (Å²) in [6.45, 7) is 18.9. The zero-order valence-electron chi connectivity index (χ0n) is 21.5. The minimum atomic E-state index is -1.66. The third kappa shape index (κ3) is 2.84. The molecule has 0 saturated carbocycles. The van der Waals surface area contributed by atoms with Gasteiger partial charge in [-0.2, -0.15) is 0 Å². The maximum absolute atomic E-state index is 5.07. The molecule has 3 aromatic rings. The quantitative estimate of drug-likeness (QED) is 0.286. The molecule has 0 amide bonds. The number of aromatic nitrogens is 1. The van der Waals surface area contributed by atoms with E-state index in [4.69, 9.17) is 4.98 Å². The lowest BCUT2D eigenvalue weighted by Gasteiger charge is -2.59. The molecule has 0 saturated heterocycles. The zero-order chi connectivity index (χ0) is 24.3. The van der Waals surface area contributed by atoms with Gasteiger partial charge in [-0.3, -0.25) is 0 Å². The van der Waals surface area contributed by atoms with Crippen molar-refractivity contribution >= 4 is 36.1 Å². The van der Waals surface area contributed by atoms with Crippen LogP contribution in [0.15, 0.2) is 79.5 Å². The van der Waals surface area contributed by atoms with E-state index in [2.05, 4.69) is 124 Å². The summed E-state index contributed by atoms with van der Waals surface area (Å²) in [5, 5.41) is 1.47. The minimum absolute atomic E-state index is 0.0922. The molecular formula is C30H37N3Si. The van der Waals surface area contributed by atoms with Gasteiger partial charge < -0.3 is 9.80 Å². The topological polar surface area (TPSA) is 19.4 Å². The molecule has 3 atom stereocenters. The highest BCUT2D eigenvalue weighted by Gasteiger charge is 2.62. The normalized spacial score (nSPS) is 25.5. The molecule has 2 aromatic carbocycles. The summed E-state index contributed by atoms with van der Waals surface area (Å²) >= 11 is 0. The van der Waals surface area contributed by atoms with Gasteiger partial charge in [0.25, 0.3) is 0 Å². The number of rotatable bonds is 5. The van der Waals surface area contributed by atoms with E-state index in [1.165, 1.54) is 27.8 Å². The second kappa shape index (κ2) is 7.84. The maximum Gasteiger partial charge on any atom is 0.158 e. The van der Waals surface area contributed by atoms with Crippen LogP contribution in [0.2, 0.25) is 19.6 Å². The molecule has 34 heavy (non-hydrogen) atoms. The Bertz CT molecular complexity index is 1230. The molecule has 0 bridgehead atoms. The fourth-order valence-corrected chi connectivity index (χ4v) is 8.19. The Morgan fingerprint density at radius 3 is 2.24 bits per heavy atom. The standard InChI is InChI=1S/C30H37N3Si/c1-8-29(4)28-32(22-16-12-11-13-17-22)26-25(34(5,6)7)20-21-31-27(26)33(28)24-19-15-14-18-23(24)30(29,9-2)10-3/h9,11-21,28H,2,8,10H2,1,3-7H3. The molecular weight excluding hydrogens is 430 g/mol. The van der Waals surface area contributed by atoms with Crippen LogP contribution in [0.4, 0.5) is 22.9 Å². The van der Waals surface area contributed by atoms with Crippen molar-refractivity contribution in [3.8, 4) is 0 Å². The van der Waals surface area contributed by atoms with Gasteiger partial charge in [-0.25, -0.2) is 4.98 Å². The third-order valence-corrected chi connectivity index (χ3v) is 10.6. The third-order valence-electron chi connectivity index (χ3n) is 8.58. The van der Waals surface area contributed by atoms with Crippen molar-refractivity contribution in [2.45, 2.75) is 64.8 Å². The molecule has 4 heteroatoms. The fourth-order valence-electron chi connectivity index (χ4n) is 6.67. The summed E-state index contributed by atoms with van der Waals surface area (Å²) in [4.78, 5) is 10.2. The van der Waals surface area contributed by atoms with Crippen LogP contribution in [0.1, 0.15) is 39.2 Å². The van der Waals surface area contributed by atoms with Crippen molar-refractivity contribution in [2.24, 2.45) is 5.41 Å². The summed E-state index contributed by atoms with van der Waals surface area (Å²) in [6.07, 6.45) is 6.41. The smallest absolute Gasteiger partial charge is 0.158 e. The van der Waals surface area contributed by atoms with Gasteiger partial charge in [-0.15, -0.1) is 6.58 Å². The molecule has 3 nitrogen and oxygen atoms in total. The number of anilines is 4. The van der Waals surface area contributed by atoms with Gasteiger partial charge in [0.05, 0.1) is 13.8 Å². The number of fused-ring (bicyclic) bond motifs is 5. The first kappa shape index (κ1) is 22.9. The molecule has 5 rings (SSSR count). The van der Waals surface area contributed by atoms with Crippen molar-refractivity contribution in [2.75, 3.05) is 9.80 Å². The number of benzene rings is 2. The summed E-state index contributed by atoms with van der Waals surface area (Å²) in [5.41, 5.74) is 4.92. The van der Waals surface area contributed by atoms with Crippen LogP contribution >= 0.6 is 0 Å². The summed E-state index contributed by atoms with van der Waals surface area (Å²) in [5.74, 6) is 1.09. The van der Waals surface area contributed by atoms with Crippen molar-refractivity contribution in [1.29, 1.82) is 0 Å². The Hall–Kier alpha value is -2.85. The van der Waals surface area contributed by atoms with Gasteiger partial charge in [0.1, 0.15) is 6.17 Å². The number of hydrogen-bond acceptors (Lipinski definition) is 3. The highest BCUT2D eigenvalue weighted by Crippen LogP contribution is 2.64. The molecule has 2 aliphatic rings. The van der Waals surface area contributed by atoms with Crippen LogP contribution < -0.4 is 15.0 Å². The average Bonchev–Trinajstić information content (AvgIpc) is 3.21. The predicted molar refractivity (Wildman–Crippen MR) is 149 cm³/mol. The maximum atomic E-state index is 5.07. The summed E-state index contributed by atoms with van der Waals surface area (Å²) in [6, 6.07) is 22.2. The van der Waals surface area contributed by atoms with Gasteiger partial charge in [0, 0.05) is 28.4 Å². The Morgan fingerprint density at radius 1 is 0.941 bits per heavy atom. The molecule has 0 spiro atoms. The first-order valence-corrected chi connectivity index (χ1v) is 16.1. The second-order valence-corrected chi connectivity index (χ2v) is 16.1. The highest BCUT2D eigenvalue weighted by atomic mass is 28.3. The van der Waals surface area contributed by atoms with Gasteiger partial charge in [-0.05, 0) is 47.9 Å². The van der Waals surface area contributed by atoms with Gasteiger partial charge in [0.2, 0.25) is 0 Å². The number of para-hydroxylation sites is 2. The average molecular weight is 468 g/mol. The van der Waals surface area contributed by atoms with Crippen LogP contribution in [0, 0.1) is 5.41 Å². The van der Waals surface area contributed by atoms with E-state index in [1.807, 2.05) is 6.20 Å². The number of nitrogens with zero attached hydrogens (tertiary/aromatic N) is 3. The van der Waals surface area contributed by atoms with E-state index in [0.717, 1.165) is 18.7 Å². The monoisotopic (exact) mass is 467 g/mol. The SMILES string of the molecule is C=CC1(CC)c2ccccc2N2c3nccc([Si](C)(C)C)c3N(c3ccccc3)C2C1(C)CC. The van der Waals surface area contributed by atoms with Crippen LogP contribution in [0.3, 0.4) is 0 Å². The van der Waals surface area contributed by atoms with E-state index >= 15 is 0 Å². The predicted octanol–water partition coefficient (Wildman–Crippen LogP) is 7.51. The Labute approximate surface area is 206 Å². The molecule has 176 valence electrons. The lowest BCUT2D eigenvalue weighted by atomic mass is 9.54. The molecule has 3 heterocycles. The number of hydrogen-bond donors (Lipinski definition) is 0. The first-order chi connectivity index (χ1) is 16.2. The van der Waals surface area contributed by atoms with Gasteiger partial charge in [0.15, 0.2) is 5.82 Å². The fraction of sp³-hybridized carbons (Fsp3) is 0.367. The van der Waals surface area contributed by atoms with Crippen LogP contribution in [-0.4, -0.2) is 19.2 Å². The largest absolute Gasteiger partial charge is 0.316 e. The van der Waals surface area contributed by atoms with E-state index in [-0.39, 0.29) is 17.0 Å². The molecule has 0 N–H and O–H groups in total. The molecule has 0 fully saturated rings. The molecule has 1 aromatic heterocycles. The van der Waals surface area contributed by atoms with Gasteiger partial charge in [-0.1, -0.05) is 82.9 Å². The van der Waals surface area contributed by atoms with E-state index in [0.29, 0.717) is 0 Å². The highest BCUT2D eigenvalue weighted by molar-refractivity contribution is 6.90. The molecule has 3 unspecified atom stereocenters. The van der Waals surface area contributed by atoms with Crippen LogP contribution in [-0.2, 0) is 5.41 Å². The van der Waals surface area contributed by atoms with Crippen LogP contribution in [0.5, 0.6) is 0 Å². The summed E-state index contributed by atoms with van der Waals surface area (Å²) < 4.78 is 0. The zero-order valence-corrected chi connectivity index (χ0v) is 22.5. The van der Waals surface area contributed by atoms with Crippen molar-refractivity contribution in [3.63, 3.8) is 0 Å². The number of pyridine rings is 1. The number of allylic oxidation sites excluding steroid dienone is 1. The Morgan fingerprint density at radius 2 is 1.62 bits per heavy atom. The molecule has 2 aliphatic heterocycles. The molecule has 0 aliphatic carbocycles. The lowest BCUT2D eigenvalue weighted by molar-refractivity contribution is 0.120. The van der Waals surface area contributed by atoms with E-state index < -0.39 is 8.07 Å². The van der Waals surface area contributed by atoms with Crippen molar-refractivity contribution in [3.05, 3.63) is 85.1 Å². The van der Waals surface area contributed by atoms with Gasteiger partial charge >= 0.3 is 0 Å². The van der Waals surface area contributed by atoms with Crippen LogP contribution in [0.25, 0.3) is 0 Å². The lowest BCUT2D eigenvalue weighted by Crippen LogP contribution is -2.62. The van der Waals surface area contributed by atoms with Crippen molar-refractivity contribution < 1.29 is 0 Å². The Kier molecular flexibility index (Phi) is 5.29. The van der Waals surface area contributed by atoms with Crippen molar-refractivity contribution in [1.82, 2.24) is 4.98 Å². The minimum Gasteiger partial charge on any atom is -0.316 e.